The fourth-order valence-corrected chi connectivity index (χ4v) is 5.18. The molecule has 0 aliphatic carbocycles. The number of nitrogens with one attached hydrogen (secondary N) is 3. The van der Waals surface area contributed by atoms with Gasteiger partial charge in [0.1, 0.15) is 11.6 Å². The third-order valence-electron chi connectivity index (χ3n) is 6.42. The number of hydrogen-bond donors (Lipinski definition) is 5. The molecule has 0 saturated carbocycles. The van der Waals surface area contributed by atoms with E-state index in [1.54, 1.807) is 23.1 Å². The van der Waals surface area contributed by atoms with Gasteiger partial charge in [0, 0.05) is 31.6 Å². The number of guanidine groups is 1. The number of carbonyl (C=O) groups is 3. The lowest BCUT2D eigenvalue weighted by Gasteiger charge is -2.30. The maximum absolute atomic E-state index is 13.2. The third kappa shape index (κ3) is 6.49. The molecule has 1 aliphatic rings. The normalized spacial score (nSPS) is 14.0. The van der Waals surface area contributed by atoms with E-state index in [-0.39, 0.29) is 47.0 Å². The van der Waals surface area contributed by atoms with Gasteiger partial charge in [-0.05, 0) is 42.2 Å². The summed E-state index contributed by atoms with van der Waals surface area (Å²) in [7, 11) is 0. The van der Waals surface area contributed by atoms with Crippen molar-refractivity contribution >= 4 is 57.9 Å². The first-order chi connectivity index (χ1) is 19.2. The van der Waals surface area contributed by atoms with Crippen LogP contribution in [0.15, 0.2) is 45.8 Å². The van der Waals surface area contributed by atoms with Crippen molar-refractivity contribution in [1.29, 1.82) is 0 Å². The Morgan fingerprint density at radius 3 is 2.67 bits per heavy atom. The smallest absolute Gasteiger partial charge is 0.328 e. The lowest BCUT2D eigenvalue weighted by atomic mass is 9.96. The van der Waals surface area contributed by atoms with Crippen LogP contribution in [0, 0.1) is 0 Å². The average Bonchev–Trinajstić information content (AvgIpc) is 3.37. The Balaban J connectivity index is 1.48. The Morgan fingerprint density at radius 1 is 1.20 bits per heavy atom. The van der Waals surface area contributed by atoms with Gasteiger partial charge in [0.25, 0.3) is 11.8 Å². The molecule has 0 unspecified atom stereocenters. The van der Waals surface area contributed by atoms with E-state index in [1.807, 2.05) is 25.1 Å². The summed E-state index contributed by atoms with van der Waals surface area (Å²) in [5.74, 6) is -1.69. The molecule has 6 N–H and O–H groups in total. The SMILES string of the molecule is CCCNC(=NCN)NC[C@H](NC(=O)c1c(Cl)cc2c(c1Cl)CCN(C(=O)c1cc3ccccc3o1)C2)C(=O)O. The third-order valence-corrected chi connectivity index (χ3v) is 7.14. The van der Waals surface area contributed by atoms with Gasteiger partial charge in [0.15, 0.2) is 11.7 Å². The molecule has 212 valence electrons. The molecule has 0 saturated heterocycles. The number of nitrogens with two attached hydrogens (primary N) is 1. The Hall–Kier alpha value is -3.80. The van der Waals surface area contributed by atoms with Crippen LogP contribution in [0.3, 0.4) is 0 Å². The highest BCUT2D eigenvalue weighted by molar-refractivity contribution is 6.40. The molecular weight excluding hydrogens is 559 g/mol. The Bertz CT molecular complexity index is 1420. The van der Waals surface area contributed by atoms with Crippen LogP contribution in [0.2, 0.25) is 10.0 Å². The number of benzene rings is 2. The van der Waals surface area contributed by atoms with Crippen molar-refractivity contribution in [3.8, 4) is 0 Å². The second kappa shape index (κ2) is 13.0. The zero-order chi connectivity index (χ0) is 28.8. The number of carboxylic acid groups (broad SMARTS) is 1. The fourth-order valence-electron chi connectivity index (χ4n) is 4.41. The fraction of sp³-hybridized carbons (Fsp3) is 0.333. The lowest BCUT2D eigenvalue weighted by molar-refractivity contribution is -0.139. The van der Waals surface area contributed by atoms with E-state index in [4.69, 9.17) is 33.4 Å². The summed E-state index contributed by atoms with van der Waals surface area (Å²) in [6.45, 7) is 3.00. The second-order valence-electron chi connectivity index (χ2n) is 9.17. The van der Waals surface area contributed by atoms with E-state index in [9.17, 15) is 19.5 Å². The van der Waals surface area contributed by atoms with E-state index in [2.05, 4.69) is 20.9 Å². The summed E-state index contributed by atoms with van der Waals surface area (Å²) in [5, 5.41) is 19.0. The molecule has 0 spiro atoms. The second-order valence-corrected chi connectivity index (χ2v) is 9.96. The highest BCUT2D eigenvalue weighted by Crippen LogP contribution is 2.35. The van der Waals surface area contributed by atoms with E-state index in [1.165, 1.54) is 0 Å². The van der Waals surface area contributed by atoms with E-state index in [0.717, 1.165) is 11.8 Å². The topological polar surface area (TPSA) is 162 Å². The number of carbonyl (C=O) groups excluding carboxylic acids is 2. The molecule has 3 aromatic rings. The molecule has 1 aliphatic heterocycles. The first kappa shape index (κ1) is 29.2. The minimum absolute atomic E-state index is 0.00475. The van der Waals surface area contributed by atoms with Crippen molar-refractivity contribution in [1.82, 2.24) is 20.9 Å². The largest absolute Gasteiger partial charge is 0.480 e. The molecule has 11 nitrogen and oxygen atoms in total. The summed E-state index contributed by atoms with van der Waals surface area (Å²) in [6.07, 6.45) is 1.20. The van der Waals surface area contributed by atoms with Gasteiger partial charge in [0.05, 0.1) is 22.3 Å². The number of nitrogens with zero attached hydrogens (tertiary/aromatic N) is 2. The number of amides is 2. The van der Waals surface area contributed by atoms with Crippen LogP contribution < -0.4 is 21.7 Å². The van der Waals surface area contributed by atoms with Crippen LogP contribution in [-0.2, 0) is 17.8 Å². The van der Waals surface area contributed by atoms with Crippen LogP contribution in [0.4, 0.5) is 0 Å². The first-order valence-corrected chi connectivity index (χ1v) is 13.5. The number of furan rings is 1. The number of rotatable bonds is 9. The van der Waals surface area contributed by atoms with Crippen LogP contribution in [0.1, 0.15) is 45.4 Å². The van der Waals surface area contributed by atoms with Crippen LogP contribution in [-0.4, -0.2) is 66.1 Å². The predicted octanol–water partition coefficient (Wildman–Crippen LogP) is 2.98. The summed E-state index contributed by atoms with van der Waals surface area (Å²) < 4.78 is 5.73. The lowest BCUT2D eigenvalue weighted by Crippen LogP contribution is -2.51. The Morgan fingerprint density at radius 2 is 1.98 bits per heavy atom. The van der Waals surface area contributed by atoms with Gasteiger partial charge in [-0.2, -0.15) is 0 Å². The van der Waals surface area contributed by atoms with Gasteiger partial charge in [0.2, 0.25) is 0 Å². The standard InChI is InChI=1S/C27H30Cl2N6O5/c1-2-8-31-27(33-14-30)32-12-19(26(38)39)34-24(36)22-18(28)10-16-13-35(9-7-17(16)23(22)29)25(37)21-11-15-5-3-4-6-20(15)40-21/h3-6,10-11,19H,2,7-9,12-14,30H2,1H3,(H,34,36)(H,38,39)(H2,31,32,33)/t19-/m0/s1. The van der Waals surface area contributed by atoms with Crippen molar-refractivity contribution in [2.45, 2.75) is 32.4 Å². The van der Waals surface area contributed by atoms with Gasteiger partial charge in [-0.15, -0.1) is 0 Å². The molecule has 13 heteroatoms. The van der Waals surface area contributed by atoms with Gasteiger partial charge in [-0.25, -0.2) is 9.79 Å². The summed E-state index contributed by atoms with van der Waals surface area (Å²) in [4.78, 5) is 43.9. The van der Waals surface area contributed by atoms with Gasteiger partial charge >= 0.3 is 5.97 Å². The highest BCUT2D eigenvalue weighted by atomic mass is 35.5. The molecule has 1 atom stereocenters. The van der Waals surface area contributed by atoms with Crippen molar-refractivity contribution in [2.24, 2.45) is 10.7 Å². The number of para-hydroxylation sites is 1. The van der Waals surface area contributed by atoms with Crippen molar-refractivity contribution in [2.75, 3.05) is 26.3 Å². The number of aliphatic imine (C=N–C) groups is 1. The zero-order valence-electron chi connectivity index (χ0n) is 21.8. The van der Waals surface area contributed by atoms with E-state index < -0.39 is 17.9 Å². The zero-order valence-corrected chi connectivity index (χ0v) is 23.3. The van der Waals surface area contributed by atoms with Crippen LogP contribution >= 0.6 is 23.2 Å². The molecular formula is C27H30Cl2N6O5. The van der Waals surface area contributed by atoms with Crippen molar-refractivity contribution in [3.63, 3.8) is 0 Å². The molecule has 0 radical (unpaired) electrons. The summed E-state index contributed by atoms with van der Waals surface area (Å²) in [6, 6.07) is 9.36. The van der Waals surface area contributed by atoms with Gasteiger partial charge in [-0.1, -0.05) is 48.3 Å². The Kier molecular flexibility index (Phi) is 9.51. The maximum Gasteiger partial charge on any atom is 0.328 e. The Labute approximate surface area is 240 Å². The summed E-state index contributed by atoms with van der Waals surface area (Å²) >= 11 is 13.1. The first-order valence-electron chi connectivity index (χ1n) is 12.8. The number of carboxylic acids is 1. The molecule has 40 heavy (non-hydrogen) atoms. The van der Waals surface area contributed by atoms with Gasteiger partial charge < -0.3 is 36.1 Å². The van der Waals surface area contributed by atoms with Gasteiger partial charge in [-0.3, -0.25) is 9.59 Å². The highest BCUT2D eigenvalue weighted by Gasteiger charge is 2.30. The minimum Gasteiger partial charge on any atom is -0.480 e. The molecule has 2 heterocycles. The van der Waals surface area contributed by atoms with Crippen molar-refractivity contribution in [3.05, 3.63) is 68.9 Å². The molecule has 1 aromatic heterocycles. The number of hydrogen-bond acceptors (Lipinski definition) is 6. The average molecular weight is 589 g/mol. The van der Waals surface area contributed by atoms with Crippen LogP contribution in [0.25, 0.3) is 11.0 Å². The maximum atomic E-state index is 13.2. The molecule has 2 aromatic carbocycles. The van der Waals surface area contributed by atoms with E-state index >= 15 is 0 Å². The molecule has 0 bridgehead atoms. The van der Waals surface area contributed by atoms with E-state index in [0.29, 0.717) is 42.2 Å². The quantitative estimate of drug-likeness (QED) is 0.188. The number of aliphatic carboxylic acids is 1. The minimum atomic E-state index is -1.31. The molecule has 0 fully saturated rings. The molecule has 2 amide bonds. The monoisotopic (exact) mass is 588 g/mol. The predicted molar refractivity (Wildman–Crippen MR) is 153 cm³/mol. The summed E-state index contributed by atoms with van der Waals surface area (Å²) in [5.41, 5.74) is 7.45. The number of halogens is 2. The number of fused-ring (bicyclic) bond motifs is 2. The van der Waals surface area contributed by atoms with Crippen molar-refractivity contribution < 1.29 is 23.9 Å². The molecule has 4 rings (SSSR count). The van der Waals surface area contributed by atoms with Crippen LogP contribution in [0.5, 0.6) is 0 Å².